The molecule has 0 saturated carbocycles. The van der Waals surface area contributed by atoms with Crippen molar-refractivity contribution in [1.29, 1.82) is 0 Å². The highest BCUT2D eigenvalue weighted by molar-refractivity contribution is 6.14. The van der Waals surface area contributed by atoms with Gasteiger partial charge in [0.1, 0.15) is 11.5 Å². The molecule has 1 aliphatic rings. The molecular formula is C25H29NO3. The first kappa shape index (κ1) is 20.9. The summed E-state index contributed by atoms with van der Waals surface area (Å²) in [5.41, 5.74) is 3.44. The molecule has 1 fully saturated rings. The molecular weight excluding hydrogens is 362 g/mol. The molecule has 0 radical (unpaired) electrons. The summed E-state index contributed by atoms with van der Waals surface area (Å²) in [5, 5.41) is 0. The van der Waals surface area contributed by atoms with Gasteiger partial charge in [0.05, 0.1) is 13.2 Å². The van der Waals surface area contributed by atoms with E-state index in [2.05, 4.69) is 11.8 Å². The molecule has 0 spiro atoms. The van der Waals surface area contributed by atoms with E-state index < -0.39 is 0 Å². The molecule has 0 atom stereocenters. The second kappa shape index (κ2) is 10.1. The van der Waals surface area contributed by atoms with Crippen molar-refractivity contribution in [2.45, 2.75) is 20.8 Å². The Balaban J connectivity index is 1.98. The van der Waals surface area contributed by atoms with Gasteiger partial charge in [-0.3, -0.25) is 9.69 Å². The number of hydrogen-bond acceptors (Lipinski definition) is 4. The topological polar surface area (TPSA) is 38.8 Å². The Morgan fingerprint density at radius 1 is 0.793 bits per heavy atom. The van der Waals surface area contributed by atoms with Gasteiger partial charge in [-0.25, -0.2) is 0 Å². The highest BCUT2D eigenvalue weighted by atomic mass is 16.5. The van der Waals surface area contributed by atoms with Gasteiger partial charge in [-0.1, -0.05) is 43.3 Å². The van der Waals surface area contributed by atoms with E-state index in [1.54, 1.807) is 0 Å². The van der Waals surface area contributed by atoms with E-state index in [1.807, 2.05) is 74.5 Å². The summed E-state index contributed by atoms with van der Waals surface area (Å²) in [5.74, 6) is 1.69. The summed E-state index contributed by atoms with van der Waals surface area (Å²) in [4.78, 5) is 15.6. The number of carbonyl (C=O) groups is 1. The largest absolute Gasteiger partial charge is 0.493 e. The molecule has 0 bridgehead atoms. The zero-order valence-corrected chi connectivity index (χ0v) is 17.5. The number of nitrogens with zero attached hydrogens (tertiary/aromatic N) is 1. The van der Waals surface area contributed by atoms with Crippen molar-refractivity contribution in [1.82, 2.24) is 4.90 Å². The fourth-order valence-electron chi connectivity index (χ4n) is 3.48. The molecule has 0 unspecified atom stereocenters. The summed E-state index contributed by atoms with van der Waals surface area (Å²) in [6.07, 6.45) is 3.94. The van der Waals surface area contributed by atoms with Crippen molar-refractivity contribution >= 4 is 17.9 Å². The lowest BCUT2D eigenvalue weighted by Crippen LogP contribution is -2.37. The zero-order valence-electron chi connectivity index (χ0n) is 17.5. The van der Waals surface area contributed by atoms with Gasteiger partial charge in [-0.05, 0) is 44.7 Å². The number of likely N-dealkylation sites (tertiary alicyclic amines) is 1. The number of piperidine rings is 1. The van der Waals surface area contributed by atoms with Crippen LogP contribution in [0, 0.1) is 0 Å². The molecule has 3 rings (SSSR count). The van der Waals surface area contributed by atoms with Gasteiger partial charge < -0.3 is 9.47 Å². The lowest BCUT2D eigenvalue weighted by Gasteiger charge is -2.28. The summed E-state index contributed by atoms with van der Waals surface area (Å²) in [6, 6.07) is 15.7. The normalized spacial score (nSPS) is 17.7. The van der Waals surface area contributed by atoms with E-state index in [0.717, 1.165) is 40.3 Å². The average Bonchev–Trinajstić information content (AvgIpc) is 2.74. The van der Waals surface area contributed by atoms with Gasteiger partial charge in [-0.2, -0.15) is 0 Å². The number of rotatable bonds is 7. The summed E-state index contributed by atoms with van der Waals surface area (Å²) < 4.78 is 11.5. The molecule has 1 saturated heterocycles. The van der Waals surface area contributed by atoms with E-state index in [1.165, 1.54) is 0 Å². The zero-order chi connectivity index (χ0) is 20.6. The van der Waals surface area contributed by atoms with Crippen LogP contribution in [-0.4, -0.2) is 43.5 Å². The van der Waals surface area contributed by atoms with Crippen molar-refractivity contribution in [2.75, 3.05) is 32.8 Å². The highest BCUT2D eigenvalue weighted by Crippen LogP contribution is 2.28. The van der Waals surface area contributed by atoms with Crippen LogP contribution >= 0.6 is 0 Å². The lowest BCUT2D eigenvalue weighted by atomic mass is 9.94. The minimum absolute atomic E-state index is 0.0901. The van der Waals surface area contributed by atoms with Crippen LogP contribution in [0.4, 0.5) is 0 Å². The Kier molecular flexibility index (Phi) is 7.25. The van der Waals surface area contributed by atoms with Crippen molar-refractivity contribution < 1.29 is 14.3 Å². The smallest absolute Gasteiger partial charge is 0.187 e. The van der Waals surface area contributed by atoms with Crippen LogP contribution in [0.1, 0.15) is 31.9 Å². The molecule has 1 aliphatic heterocycles. The molecule has 29 heavy (non-hydrogen) atoms. The molecule has 152 valence electrons. The van der Waals surface area contributed by atoms with Crippen LogP contribution in [-0.2, 0) is 4.79 Å². The fraction of sp³-hybridized carbons (Fsp3) is 0.320. The molecule has 0 aromatic heterocycles. The van der Waals surface area contributed by atoms with Crippen LogP contribution in [0.25, 0.3) is 12.2 Å². The number of benzene rings is 2. The fourth-order valence-corrected chi connectivity index (χ4v) is 3.48. The number of carbonyl (C=O) groups excluding carboxylic acids is 1. The maximum Gasteiger partial charge on any atom is 0.187 e. The van der Waals surface area contributed by atoms with Crippen molar-refractivity contribution in [3.8, 4) is 11.5 Å². The number of ether oxygens (including phenoxy) is 2. The van der Waals surface area contributed by atoms with E-state index in [-0.39, 0.29) is 5.78 Å². The van der Waals surface area contributed by atoms with Gasteiger partial charge in [-0.15, -0.1) is 0 Å². The van der Waals surface area contributed by atoms with Crippen LogP contribution in [0.15, 0.2) is 59.7 Å². The number of hydrogen-bond donors (Lipinski definition) is 0. The Bertz CT molecular complexity index is 842. The van der Waals surface area contributed by atoms with E-state index >= 15 is 0 Å². The lowest BCUT2D eigenvalue weighted by molar-refractivity contribution is -0.113. The van der Waals surface area contributed by atoms with Crippen molar-refractivity contribution in [3.63, 3.8) is 0 Å². The number of likely N-dealkylation sites (N-methyl/N-ethyl adjacent to an activating group) is 1. The molecule has 1 heterocycles. The standard InChI is InChI=1S/C25H29NO3/c1-4-26-17-21(15-19-11-7-9-13-23(19)28-5-2)25(27)22(18-26)16-20-12-8-10-14-24(20)29-6-3/h7-16H,4-6,17-18H2,1-3H3/b21-15+,22-16+. The summed E-state index contributed by atoms with van der Waals surface area (Å²) in [7, 11) is 0. The maximum atomic E-state index is 13.3. The van der Waals surface area contributed by atoms with E-state index in [4.69, 9.17) is 9.47 Å². The molecule has 2 aromatic rings. The van der Waals surface area contributed by atoms with Crippen LogP contribution < -0.4 is 9.47 Å². The quantitative estimate of drug-likeness (QED) is 0.632. The van der Waals surface area contributed by atoms with Gasteiger partial charge >= 0.3 is 0 Å². The second-order valence-corrected chi connectivity index (χ2v) is 6.91. The Morgan fingerprint density at radius 2 is 1.24 bits per heavy atom. The first-order valence-electron chi connectivity index (χ1n) is 10.3. The summed E-state index contributed by atoms with van der Waals surface area (Å²) in [6.45, 7) is 9.38. The third kappa shape index (κ3) is 5.15. The van der Waals surface area contributed by atoms with Crippen LogP contribution in [0.2, 0.25) is 0 Å². The molecule has 0 amide bonds. The summed E-state index contributed by atoms with van der Waals surface area (Å²) >= 11 is 0. The van der Waals surface area contributed by atoms with Gasteiger partial charge in [0, 0.05) is 35.4 Å². The molecule has 4 nitrogen and oxygen atoms in total. The van der Waals surface area contributed by atoms with E-state index in [9.17, 15) is 4.79 Å². The Labute approximate surface area is 173 Å². The predicted octanol–water partition coefficient (Wildman–Crippen LogP) is 4.86. The first-order chi connectivity index (χ1) is 14.2. The molecule has 0 N–H and O–H groups in total. The third-order valence-corrected chi connectivity index (χ3v) is 4.92. The van der Waals surface area contributed by atoms with Crippen LogP contribution in [0.5, 0.6) is 11.5 Å². The number of Topliss-reactive ketones (excluding diaryl/α,β-unsaturated/α-hetero) is 1. The Morgan fingerprint density at radius 3 is 1.66 bits per heavy atom. The molecule has 2 aromatic carbocycles. The number of ketones is 1. The van der Waals surface area contributed by atoms with E-state index in [0.29, 0.717) is 26.3 Å². The predicted molar refractivity (Wildman–Crippen MR) is 118 cm³/mol. The minimum atomic E-state index is 0.0901. The van der Waals surface area contributed by atoms with Crippen molar-refractivity contribution in [3.05, 3.63) is 70.8 Å². The third-order valence-electron chi connectivity index (χ3n) is 4.92. The minimum Gasteiger partial charge on any atom is -0.493 e. The van der Waals surface area contributed by atoms with Gasteiger partial charge in [0.25, 0.3) is 0 Å². The average molecular weight is 392 g/mol. The monoisotopic (exact) mass is 391 g/mol. The molecule has 4 heteroatoms. The van der Waals surface area contributed by atoms with Crippen molar-refractivity contribution in [2.24, 2.45) is 0 Å². The number of para-hydroxylation sites is 2. The molecule has 0 aliphatic carbocycles. The Hall–Kier alpha value is -2.85. The van der Waals surface area contributed by atoms with Gasteiger partial charge in [0.2, 0.25) is 0 Å². The highest BCUT2D eigenvalue weighted by Gasteiger charge is 2.25. The maximum absolute atomic E-state index is 13.3. The second-order valence-electron chi connectivity index (χ2n) is 6.91. The first-order valence-corrected chi connectivity index (χ1v) is 10.3. The SMILES string of the molecule is CCOc1ccccc1/C=C1\CN(CC)C/C(=C\c2ccccc2OCC)C1=O. The van der Waals surface area contributed by atoms with Gasteiger partial charge in [0.15, 0.2) is 5.78 Å². The van der Waals surface area contributed by atoms with Crippen LogP contribution in [0.3, 0.4) is 0 Å².